The highest BCUT2D eigenvalue weighted by molar-refractivity contribution is 7.13. The third-order valence-corrected chi connectivity index (χ3v) is 4.33. The van der Waals surface area contributed by atoms with Gasteiger partial charge in [-0.1, -0.05) is 26.0 Å². The molecule has 0 radical (unpaired) electrons. The smallest absolute Gasteiger partial charge is 0.253 e. The summed E-state index contributed by atoms with van der Waals surface area (Å²) in [6, 6.07) is 6.74. The van der Waals surface area contributed by atoms with Crippen molar-refractivity contribution in [2.24, 2.45) is 11.7 Å². The Morgan fingerprint density at radius 3 is 2.48 bits per heavy atom. The molecule has 0 fully saturated rings. The molecule has 29 heavy (non-hydrogen) atoms. The normalized spacial score (nSPS) is 9.79. The SMILES string of the molecule is CC(C)C(=O)Nc1nc(CC(=O)Nc2ccccc2C(=O)NCCN)cs1.Cl.Cl. The van der Waals surface area contributed by atoms with E-state index >= 15 is 0 Å². The lowest BCUT2D eigenvalue weighted by Gasteiger charge is -2.10. The number of carbonyl (C=O) groups excluding carboxylic acids is 3. The number of thiazole rings is 1. The van der Waals surface area contributed by atoms with Crippen LogP contribution >= 0.6 is 36.2 Å². The summed E-state index contributed by atoms with van der Waals surface area (Å²) in [6.07, 6.45) is 0.0345. The van der Waals surface area contributed by atoms with Crippen LogP contribution in [0.4, 0.5) is 10.8 Å². The lowest BCUT2D eigenvalue weighted by molar-refractivity contribution is -0.119. The summed E-state index contributed by atoms with van der Waals surface area (Å²) >= 11 is 1.26. The van der Waals surface area contributed by atoms with E-state index in [4.69, 9.17) is 5.73 Å². The number of hydrogen-bond acceptors (Lipinski definition) is 6. The van der Waals surface area contributed by atoms with Crippen LogP contribution in [0.3, 0.4) is 0 Å². The van der Waals surface area contributed by atoms with Crippen molar-refractivity contribution >= 4 is 64.7 Å². The predicted octanol–water partition coefficient (Wildman–Crippen LogP) is 2.45. The second-order valence-corrected chi connectivity index (χ2v) is 6.96. The average Bonchev–Trinajstić information content (AvgIpc) is 3.06. The van der Waals surface area contributed by atoms with Gasteiger partial charge in [-0.2, -0.15) is 0 Å². The van der Waals surface area contributed by atoms with Gasteiger partial charge in [-0.3, -0.25) is 14.4 Å². The van der Waals surface area contributed by atoms with Crippen molar-refractivity contribution in [1.82, 2.24) is 10.3 Å². The zero-order valence-electron chi connectivity index (χ0n) is 16.1. The van der Waals surface area contributed by atoms with Crippen LogP contribution in [0.15, 0.2) is 29.6 Å². The fourth-order valence-corrected chi connectivity index (χ4v) is 2.84. The molecule has 0 atom stereocenters. The predicted molar refractivity (Wildman–Crippen MR) is 120 cm³/mol. The molecule has 11 heteroatoms. The minimum atomic E-state index is -0.305. The van der Waals surface area contributed by atoms with E-state index in [0.29, 0.717) is 35.2 Å². The lowest BCUT2D eigenvalue weighted by Crippen LogP contribution is -2.30. The van der Waals surface area contributed by atoms with Crippen molar-refractivity contribution in [3.63, 3.8) is 0 Å². The Morgan fingerprint density at radius 2 is 1.83 bits per heavy atom. The van der Waals surface area contributed by atoms with Crippen LogP contribution in [0.25, 0.3) is 0 Å². The number of anilines is 2. The summed E-state index contributed by atoms with van der Waals surface area (Å²) in [5, 5.41) is 10.3. The molecule has 160 valence electrons. The second kappa shape index (κ2) is 13.1. The third-order valence-electron chi connectivity index (χ3n) is 3.52. The van der Waals surface area contributed by atoms with Gasteiger partial charge in [-0.25, -0.2) is 4.98 Å². The van der Waals surface area contributed by atoms with E-state index in [1.54, 1.807) is 43.5 Å². The summed E-state index contributed by atoms with van der Waals surface area (Å²) in [7, 11) is 0. The number of nitrogens with one attached hydrogen (secondary N) is 3. The minimum absolute atomic E-state index is 0. The molecule has 0 aliphatic rings. The number of aromatic nitrogens is 1. The Bertz CT molecular complexity index is 829. The molecule has 0 unspecified atom stereocenters. The highest BCUT2D eigenvalue weighted by Gasteiger charge is 2.15. The first-order chi connectivity index (χ1) is 12.9. The average molecular weight is 462 g/mol. The van der Waals surface area contributed by atoms with Gasteiger partial charge in [0.25, 0.3) is 5.91 Å². The van der Waals surface area contributed by atoms with Gasteiger partial charge in [0.05, 0.1) is 23.4 Å². The molecule has 2 aromatic rings. The van der Waals surface area contributed by atoms with Gasteiger partial charge in [-0.15, -0.1) is 36.2 Å². The molecule has 1 aromatic heterocycles. The Morgan fingerprint density at radius 1 is 1.14 bits per heavy atom. The maximum Gasteiger partial charge on any atom is 0.253 e. The Hall–Kier alpha value is -2.20. The first-order valence-corrected chi connectivity index (χ1v) is 9.41. The molecular weight excluding hydrogens is 437 g/mol. The van der Waals surface area contributed by atoms with E-state index in [2.05, 4.69) is 20.9 Å². The van der Waals surface area contributed by atoms with Gasteiger partial charge < -0.3 is 21.7 Å². The number of rotatable bonds is 8. The number of nitrogens with zero attached hydrogens (tertiary/aromatic N) is 1. The van der Waals surface area contributed by atoms with Crippen LogP contribution in [-0.2, 0) is 16.0 Å². The molecule has 2 rings (SSSR count). The van der Waals surface area contributed by atoms with Crippen molar-refractivity contribution in [1.29, 1.82) is 0 Å². The second-order valence-electron chi connectivity index (χ2n) is 6.10. The van der Waals surface area contributed by atoms with E-state index in [1.807, 2.05) is 0 Å². The summed E-state index contributed by atoms with van der Waals surface area (Å²) in [4.78, 5) is 40.4. The maximum absolute atomic E-state index is 12.3. The molecule has 1 aromatic carbocycles. The van der Waals surface area contributed by atoms with Gasteiger partial charge in [0.15, 0.2) is 5.13 Å². The molecular formula is C18H25Cl2N5O3S. The van der Waals surface area contributed by atoms with Crippen LogP contribution in [0.5, 0.6) is 0 Å². The molecule has 1 heterocycles. The first-order valence-electron chi connectivity index (χ1n) is 8.53. The molecule has 0 bridgehead atoms. The number of hydrogen-bond donors (Lipinski definition) is 4. The number of para-hydroxylation sites is 1. The third kappa shape index (κ3) is 8.36. The lowest BCUT2D eigenvalue weighted by atomic mass is 10.1. The molecule has 0 saturated carbocycles. The van der Waals surface area contributed by atoms with Gasteiger partial charge in [-0.05, 0) is 12.1 Å². The van der Waals surface area contributed by atoms with Crippen molar-refractivity contribution in [3.8, 4) is 0 Å². The standard InChI is InChI=1S/C18H23N5O3S.2ClH/c1-11(2)16(25)23-18-21-12(10-27-18)9-15(24)22-14-6-4-3-5-13(14)17(26)20-8-7-19;;/h3-6,10-11H,7-9,19H2,1-2H3,(H,20,26)(H,22,24)(H,21,23,25);2*1H. The molecule has 0 saturated heterocycles. The Kier molecular flexibility index (Phi) is 12.1. The maximum atomic E-state index is 12.3. The number of nitrogens with two attached hydrogens (primary N) is 1. The minimum Gasteiger partial charge on any atom is -0.351 e. The Labute approximate surface area is 185 Å². The quantitative estimate of drug-likeness (QED) is 0.480. The number of carbonyl (C=O) groups is 3. The monoisotopic (exact) mass is 461 g/mol. The summed E-state index contributed by atoms with van der Waals surface area (Å²) in [5.41, 5.74) is 6.72. The van der Waals surface area contributed by atoms with Gasteiger partial charge in [0, 0.05) is 24.4 Å². The Balaban J connectivity index is 0.00000392. The topological polar surface area (TPSA) is 126 Å². The van der Waals surface area contributed by atoms with Crippen LogP contribution in [-0.4, -0.2) is 35.8 Å². The highest BCUT2D eigenvalue weighted by Crippen LogP contribution is 2.18. The molecule has 3 amide bonds. The van der Waals surface area contributed by atoms with E-state index < -0.39 is 0 Å². The zero-order valence-corrected chi connectivity index (χ0v) is 18.5. The van der Waals surface area contributed by atoms with E-state index in [9.17, 15) is 14.4 Å². The van der Waals surface area contributed by atoms with Crippen LogP contribution in [0, 0.1) is 5.92 Å². The first kappa shape index (κ1) is 26.8. The van der Waals surface area contributed by atoms with Crippen molar-refractivity contribution < 1.29 is 14.4 Å². The van der Waals surface area contributed by atoms with Crippen molar-refractivity contribution in [3.05, 3.63) is 40.9 Å². The molecule has 0 spiro atoms. The molecule has 0 aliphatic heterocycles. The summed E-state index contributed by atoms with van der Waals surface area (Å²) < 4.78 is 0. The van der Waals surface area contributed by atoms with Gasteiger partial charge in [0.1, 0.15) is 0 Å². The summed E-state index contributed by atoms with van der Waals surface area (Å²) in [6.45, 7) is 4.27. The zero-order chi connectivity index (χ0) is 19.8. The van der Waals surface area contributed by atoms with Crippen LogP contribution in [0.2, 0.25) is 0 Å². The van der Waals surface area contributed by atoms with Gasteiger partial charge >= 0.3 is 0 Å². The van der Waals surface area contributed by atoms with E-state index in [1.165, 1.54) is 11.3 Å². The number of halogens is 2. The molecule has 0 aliphatic carbocycles. The number of benzene rings is 1. The summed E-state index contributed by atoms with van der Waals surface area (Å²) in [5.74, 6) is -0.884. The molecule has 5 N–H and O–H groups in total. The van der Waals surface area contributed by atoms with E-state index in [-0.39, 0.29) is 54.9 Å². The molecule has 8 nitrogen and oxygen atoms in total. The van der Waals surface area contributed by atoms with Gasteiger partial charge in [0.2, 0.25) is 11.8 Å². The van der Waals surface area contributed by atoms with Crippen molar-refractivity contribution in [2.45, 2.75) is 20.3 Å². The van der Waals surface area contributed by atoms with E-state index in [0.717, 1.165) is 0 Å². The fourth-order valence-electron chi connectivity index (χ4n) is 2.13. The largest absolute Gasteiger partial charge is 0.351 e. The van der Waals surface area contributed by atoms with Crippen LogP contribution in [0.1, 0.15) is 29.9 Å². The van der Waals surface area contributed by atoms with Crippen LogP contribution < -0.4 is 21.7 Å². The number of amides is 3. The highest BCUT2D eigenvalue weighted by atomic mass is 35.5. The van der Waals surface area contributed by atoms with Crippen molar-refractivity contribution in [2.75, 3.05) is 23.7 Å². The fraction of sp³-hybridized carbons (Fsp3) is 0.333.